The number of nitrogen functional groups attached to an aromatic ring is 1. The van der Waals surface area contributed by atoms with Gasteiger partial charge in [0, 0.05) is 12.1 Å². The van der Waals surface area contributed by atoms with Gasteiger partial charge in [-0.25, -0.2) is 9.78 Å². The lowest BCUT2D eigenvalue weighted by atomic mass is 10.2. The van der Waals surface area contributed by atoms with Crippen molar-refractivity contribution in [2.75, 3.05) is 12.8 Å². The molecule has 0 bridgehead atoms. The number of esters is 1. The van der Waals surface area contributed by atoms with E-state index < -0.39 is 5.97 Å². The van der Waals surface area contributed by atoms with Gasteiger partial charge in [0.2, 0.25) is 0 Å². The number of hydrogen-bond acceptors (Lipinski definition) is 7. The van der Waals surface area contributed by atoms with Crippen molar-refractivity contribution in [3.63, 3.8) is 0 Å². The predicted molar refractivity (Wildman–Crippen MR) is 64.7 cm³/mol. The van der Waals surface area contributed by atoms with Crippen molar-refractivity contribution in [2.24, 2.45) is 0 Å². The van der Waals surface area contributed by atoms with Crippen molar-refractivity contribution >= 4 is 11.8 Å². The van der Waals surface area contributed by atoms with Gasteiger partial charge < -0.3 is 10.5 Å². The maximum Gasteiger partial charge on any atom is 0.339 e. The van der Waals surface area contributed by atoms with E-state index in [0.29, 0.717) is 17.2 Å². The molecule has 1 saturated carbocycles. The lowest BCUT2D eigenvalue weighted by molar-refractivity contribution is 0.0600. The fraction of sp³-hybridized carbons (Fsp3) is 0.364. The summed E-state index contributed by atoms with van der Waals surface area (Å²) in [7, 11) is 1.31. The molecule has 1 aliphatic carbocycles. The van der Waals surface area contributed by atoms with Crippen molar-refractivity contribution in [1.82, 2.24) is 25.2 Å². The standard InChI is InChI=1S/C11H12N6O2/c1-19-11(18)7-4-8(9(12)13-5-7)17-10(6-2-3-6)14-15-16-17/h4-6H,2-3H2,1H3,(H2,12,13). The molecule has 0 saturated heterocycles. The summed E-state index contributed by atoms with van der Waals surface area (Å²) >= 11 is 0. The van der Waals surface area contributed by atoms with Gasteiger partial charge in [0.25, 0.3) is 0 Å². The molecule has 2 aromatic rings. The topological polar surface area (TPSA) is 109 Å². The number of carbonyl (C=O) groups excluding carboxylic acids is 1. The molecule has 8 nitrogen and oxygen atoms in total. The van der Waals surface area contributed by atoms with Crippen LogP contribution >= 0.6 is 0 Å². The van der Waals surface area contributed by atoms with Crippen LogP contribution in [0.5, 0.6) is 0 Å². The van der Waals surface area contributed by atoms with E-state index in [1.807, 2.05) is 0 Å². The van der Waals surface area contributed by atoms with Gasteiger partial charge in [-0.05, 0) is 29.3 Å². The Bertz CT molecular complexity index is 634. The lowest BCUT2D eigenvalue weighted by Crippen LogP contribution is -2.10. The summed E-state index contributed by atoms with van der Waals surface area (Å²) in [5.41, 5.74) is 6.64. The zero-order valence-electron chi connectivity index (χ0n) is 10.3. The smallest absolute Gasteiger partial charge is 0.339 e. The maximum absolute atomic E-state index is 11.5. The van der Waals surface area contributed by atoms with Crippen LogP contribution in [0.2, 0.25) is 0 Å². The van der Waals surface area contributed by atoms with E-state index >= 15 is 0 Å². The molecule has 8 heteroatoms. The first-order valence-electron chi connectivity index (χ1n) is 5.83. The number of hydrogen-bond donors (Lipinski definition) is 1. The lowest BCUT2D eigenvalue weighted by Gasteiger charge is -2.07. The fourth-order valence-electron chi connectivity index (χ4n) is 1.82. The minimum atomic E-state index is -0.477. The average molecular weight is 260 g/mol. The summed E-state index contributed by atoms with van der Waals surface area (Å²) in [6, 6.07) is 1.58. The molecular weight excluding hydrogens is 248 g/mol. The summed E-state index contributed by atoms with van der Waals surface area (Å²) in [6.45, 7) is 0. The molecule has 2 heterocycles. The highest BCUT2D eigenvalue weighted by Crippen LogP contribution is 2.39. The average Bonchev–Trinajstić information content (AvgIpc) is 3.16. The van der Waals surface area contributed by atoms with Crippen LogP contribution in [0.3, 0.4) is 0 Å². The van der Waals surface area contributed by atoms with Crippen LogP contribution in [-0.2, 0) is 4.74 Å². The largest absolute Gasteiger partial charge is 0.465 e. The van der Waals surface area contributed by atoms with Crippen LogP contribution in [0.1, 0.15) is 34.9 Å². The van der Waals surface area contributed by atoms with Crippen molar-refractivity contribution < 1.29 is 9.53 Å². The van der Waals surface area contributed by atoms with E-state index in [4.69, 9.17) is 5.73 Å². The van der Waals surface area contributed by atoms with E-state index in [9.17, 15) is 4.79 Å². The Labute approximate surface area is 108 Å². The molecule has 0 unspecified atom stereocenters. The second-order valence-corrected chi connectivity index (χ2v) is 4.34. The molecular formula is C11H12N6O2. The Balaban J connectivity index is 2.08. The second-order valence-electron chi connectivity index (χ2n) is 4.34. The normalized spacial score (nSPS) is 14.4. The molecule has 98 valence electrons. The Kier molecular flexibility index (Phi) is 2.62. The number of ether oxygens (including phenoxy) is 1. The maximum atomic E-state index is 11.5. The second kappa shape index (κ2) is 4.30. The first kappa shape index (κ1) is 11.6. The molecule has 1 fully saturated rings. The highest BCUT2D eigenvalue weighted by Gasteiger charge is 2.30. The number of rotatable bonds is 3. The number of tetrazole rings is 1. The van der Waals surface area contributed by atoms with Gasteiger partial charge in [0.15, 0.2) is 5.82 Å². The summed E-state index contributed by atoms with van der Waals surface area (Å²) in [4.78, 5) is 15.5. The van der Waals surface area contributed by atoms with Gasteiger partial charge in [-0.3, -0.25) is 0 Å². The molecule has 0 amide bonds. The number of carbonyl (C=O) groups is 1. The zero-order chi connectivity index (χ0) is 13.4. The number of nitrogens with two attached hydrogens (primary N) is 1. The van der Waals surface area contributed by atoms with Gasteiger partial charge in [0.1, 0.15) is 11.5 Å². The number of anilines is 1. The molecule has 19 heavy (non-hydrogen) atoms. The number of methoxy groups -OCH3 is 1. The Morgan fingerprint density at radius 1 is 1.53 bits per heavy atom. The van der Waals surface area contributed by atoms with Crippen LogP contribution in [0.4, 0.5) is 5.82 Å². The third-order valence-corrected chi connectivity index (χ3v) is 2.98. The van der Waals surface area contributed by atoms with E-state index in [1.54, 1.807) is 6.07 Å². The van der Waals surface area contributed by atoms with Crippen LogP contribution in [0.25, 0.3) is 5.69 Å². The monoisotopic (exact) mass is 260 g/mol. The molecule has 0 aromatic carbocycles. The van der Waals surface area contributed by atoms with Crippen LogP contribution in [0, 0.1) is 0 Å². The van der Waals surface area contributed by atoms with Gasteiger partial charge in [-0.15, -0.1) is 5.10 Å². The predicted octanol–water partition coefficient (Wildman–Crippen LogP) is 0.303. The summed E-state index contributed by atoms with van der Waals surface area (Å²) in [5.74, 6) is 0.892. The molecule has 0 aliphatic heterocycles. The van der Waals surface area contributed by atoms with E-state index in [1.165, 1.54) is 18.0 Å². The Morgan fingerprint density at radius 2 is 2.32 bits per heavy atom. The van der Waals surface area contributed by atoms with Crippen LogP contribution in [-0.4, -0.2) is 38.3 Å². The third-order valence-electron chi connectivity index (χ3n) is 2.98. The van der Waals surface area contributed by atoms with Gasteiger partial charge >= 0.3 is 5.97 Å². The molecule has 0 atom stereocenters. The molecule has 1 aliphatic rings. The number of pyridine rings is 1. The van der Waals surface area contributed by atoms with Gasteiger partial charge in [-0.1, -0.05) is 0 Å². The van der Waals surface area contributed by atoms with Crippen LogP contribution in [0.15, 0.2) is 12.3 Å². The van der Waals surface area contributed by atoms with E-state index in [2.05, 4.69) is 25.2 Å². The minimum absolute atomic E-state index is 0.266. The van der Waals surface area contributed by atoms with Crippen molar-refractivity contribution in [3.05, 3.63) is 23.7 Å². The first-order valence-corrected chi connectivity index (χ1v) is 5.83. The fourth-order valence-corrected chi connectivity index (χ4v) is 1.82. The molecule has 0 radical (unpaired) electrons. The number of aromatic nitrogens is 5. The van der Waals surface area contributed by atoms with E-state index in [-0.39, 0.29) is 5.82 Å². The van der Waals surface area contributed by atoms with Crippen molar-refractivity contribution in [3.8, 4) is 5.69 Å². The van der Waals surface area contributed by atoms with Crippen molar-refractivity contribution in [1.29, 1.82) is 0 Å². The first-order chi connectivity index (χ1) is 9.20. The molecule has 0 spiro atoms. The quantitative estimate of drug-likeness (QED) is 0.790. The SMILES string of the molecule is COC(=O)c1cnc(N)c(-n2nnnc2C2CC2)c1. The van der Waals surface area contributed by atoms with Crippen molar-refractivity contribution in [2.45, 2.75) is 18.8 Å². The summed E-state index contributed by atoms with van der Waals surface area (Å²) in [6.07, 6.45) is 3.49. The zero-order valence-corrected chi connectivity index (χ0v) is 10.3. The van der Waals surface area contributed by atoms with E-state index in [0.717, 1.165) is 18.7 Å². The minimum Gasteiger partial charge on any atom is -0.465 e. The molecule has 2 N–H and O–H groups in total. The summed E-state index contributed by atoms with van der Waals surface area (Å²) in [5, 5.41) is 11.6. The summed E-state index contributed by atoms with van der Waals surface area (Å²) < 4.78 is 6.19. The Hall–Kier alpha value is -2.51. The van der Waals surface area contributed by atoms with Gasteiger partial charge in [-0.2, -0.15) is 4.68 Å². The Morgan fingerprint density at radius 3 is 3.00 bits per heavy atom. The molecule has 2 aromatic heterocycles. The van der Waals surface area contributed by atoms with Gasteiger partial charge in [0.05, 0.1) is 12.7 Å². The third kappa shape index (κ3) is 2.01. The van der Waals surface area contributed by atoms with Crippen LogP contribution < -0.4 is 5.73 Å². The highest BCUT2D eigenvalue weighted by atomic mass is 16.5. The molecule has 3 rings (SSSR count). The highest BCUT2D eigenvalue weighted by molar-refractivity contribution is 5.90. The number of nitrogens with zero attached hydrogens (tertiary/aromatic N) is 5.